The number of ether oxygens (including phenoxy) is 1. The van der Waals surface area contributed by atoms with Crippen LogP contribution in [0.25, 0.3) is 0 Å². The van der Waals surface area contributed by atoms with E-state index in [9.17, 15) is 4.79 Å². The van der Waals surface area contributed by atoms with Gasteiger partial charge in [0, 0.05) is 52.9 Å². The lowest BCUT2D eigenvalue weighted by Crippen LogP contribution is -2.39. The monoisotopic (exact) mass is 348 g/mol. The SMILES string of the molecule is CCNC(=NCCCOCC)NCCC(=O)N(C)Cc1ccccc1. The van der Waals surface area contributed by atoms with Crippen molar-refractivity contribution in [2.45, 2.75) is 33.2 Å². The van der Waals surface area contributed by atoms with E-state index in [0.717, 1.165) is 37.7 Å². The standard InChI is InChI=1S/C19H32N4O2/c1-4-20-19(21-13-9-15-25-5-2)22-14-12-18(24)23(3)16-17-10-7-6-8-11-17/h6-8,10-11H,4-5,9,12-16H2,1-3H3,(H2,20,21,22). The Morgan fingerprint density at radius 2 is 1.96 bits per heavy atom. The second-order valence-electron chi connectivity index (χ2n) is 5.72. The van der Waals surface area contributed by atoms with E-state index < -0.39 is 0 Å². The Bertz CT molecular complexity index is 505. The van der Waals surface area contributed by atoms with Crippen molar-refractivity contribution in [2.24, 2.45) is 4.99 Å². The van der Waals surface area contributed by atoms with Crippen LogP contribution < -0.4 is 10.6 Å². The summed E-state index contributed by atoms with van der Waals surface area (Å²) < 4.78 is 5.30. The van der Waals surface area contributed by atoms with E-state index >= 15 is 0 Å². The summed E-state index contributed by atoms with van der Waals surface area (Å²) in [4.78, 5) is 18.5. The van der Waals surface area contributed by atoms with Gasteiger partial charge in [0.05, 0.1) is 0 Å². The van der Waals surface area contributed by atoms with Crippen molar-refractivity contribution in [2.75, 3.05) is 39.9 Å². The molecule has 0 aliphatic carbocycles. The Kier molecular flexibility index (Phi) is 11.1. The van der Waals surface area contributed by atoms with Gasteiger partial charge in [-0.25, -0.2) is 0 Å². The molecule has 0 aliphatic rings. The van der Waals surface area contributed by atoms with Crippen LogP contribution in [0.3, 0.4) is 0 Å². The first-order chi connectivity index (χ1) is 12.2. The summed E-state index contributed by atoms with van der Waals surface area (Å²) in [5, 5.41) is 6.40. The van der Waals surface area contributed by atoms with Crippen LogP contribution in [-0.4, -0.2) is 56.7 Å². The van der Waals surface area contributed by atoms with Crippen molar-refractivity contribution in [3.8, 4) is 0 Å². The highest BCUT2D eigenvalue weighted by molar-refractivity contribution is 5.81. The average Bonchev–Trinajstić information content (AvgIpc) is 2.62. The van der Waals surface area contributed by atoms with Gasteiger partial charge in [0.25, 0.3) is 0 Å². The summed E-state index contributed by atoms with van der Waals surface area (Å²) in [5.74, 6) is 0.862. The van der Waals surface area contributed by atoms with Crippen LogP contribution in [0.4, 0.5) is 0 Å². The van der Waals surface area contributed by atoms with Crippen molar-refractivity contribution in [3.05, 3.63) is 35.9 Å². The highest BCUT2D eigenvalue weighted by Gasteiger charge is 2.09. The third kappa shape index (κ3) is 9.72. The Hall–Kier alpha value is -2.08. The van der Waals surface area contributed by atoms with Gasteiger partial charge < -0.3 is 20.3 Å². The molecule has 0 saturated heterocycles. The Labute approximate surface area is 151 Å². The van der Waals surface area contributed by atoms with Gasteiger partial charge in [-0.1, -0.05) is 30.3 Å². The van der Waals surface area contributed by atoms with Gasteiger partial charge in [0.15, 0.2) is 5.96 Å². The number of aliphatic imine (C=N–C) groups is 1. The zero-order valence-electron chi connectivity index (χ0n) is 15.8. The van der Waals surface area contributed by atoms with Gasteiger partial charge >= 0.3 is 0 Å². The van der Waals surface area contributed by atoms with Crippen molar-refractivity contribution in [1.82, 2.24) is 15.5 Å². The number of hydrogen-bond acceptors (Lipinski definition) is 3. The maximum absolute atomic E-state index is 12.2. The molecule has 25 heavy (non-hydrogen) atoms. The largest absolute Gasteiger partial charge is 0.382 e. The van der Waals surface area contributed by atoms with Crippen LogP contribution >= 0.6 is 0 Å². The number of guanidine groups is 1. The number of rotatable bonds is 11. The number of carbonyl (C=O) groups excluding carboxylic acids is 1. The zero-order chi connectivity index (χ0) is 18.3. The highest BCUT2D eigenvalue weighted by atomic mass is 16.5. The molecule has 1 aromatic rings. The van der Waals surface area contributed by atoms with E-state index in [1.807, 2.05) is 51.2 Å². The molecule has 1 amide bonds. The normalized spacial score (nSPS) is 11.2. The van der Waals surface area contributed by atoms with Gasteiger partial charge in [-0.15, -0.1) is 0 Å². The van der Waals surface area contributed by atoms with E-state index in [0.29, 0.717) is 26.1 Å². The quantitative estimate of drug-likeness (QED) is 0.365. The minimum atomic E-state index is 0.114. The molecule has 6 heteroatoms. The van der Waals surface area contributed by atoms with Crippen LogP contribution in [0.1, 0.15) is 32.3 Å². The Morgan fingerprint density at radius 3 is 2.64 bits per heavy atom. The van der Waals surface area contributed by atoms with E-state index in [1.165, 1.54) is 0 Å². The van der Waals surface area contributed by atoms with Crippen molar-refractivity contribution < 1.29 is 9.53 Å². The Morgan fingerprint density at radius 1 is 1.20 bits per heavy atom. The number of carbonyl (C=O) groups is 1. The molecule has 1 aromatic carbocycles. The molecule has 140 valence electrons. The summed E-state index contributed by atoms with van der Waals surface area (Å²) in [6.45, 7) is 8.16. The predicted octanol–water partition coefficient (Wildman–Crippen LogP) is 2.02. The molecular weight excluding hydrogens is 316 g/mol. The van der Waals surface area contributed by atoms with Gasteiger partial charge in [-0.3, -0.25) is 9.79 Å². The van der Waals surface area contributed by atoms with E-state index in [2.05, 4.69) is 15.6 Å². The fourth-order valence-corrected chi connectivity index (χ4v) is 2.27. The third-order valence-electron chi connectivity index (χ3n) is 3.58. The fraction of sp³-hybridized carbons (Fsp3) is 0.579. The first-order valence-corrected chi connectivity index (χ1v) is 9.05. The van der Waals surface area contributed by atoms with Crippen molar-refractivity contribution in [1.29, 1.82) is 0 Å². The maximum Gasteiger partial charge on any atom is 0.224 e. The molecule has 0 spiro atoms. The highest BCUT2D eigenvalue weighted by Crippen LogP contribution is 2.03. The molecule has 0 aromatic heterocycles. The fourth-order valence-electron chi connectivity index (χ4n) is 2.27. The van der Waals surface area contributed by atoms with E-state index in [1.54, 1.807) is 4.90 Å². The summed E-state index contributed by atoms with van der Waals surface area (Å²) in [7, 11) is 1.84. The number of nitrogens with one attached hydrogen (secondary N) is 2. The lowest BCUT2D eigenvalue weighted by molar-refractivity contribution is -0.130. The molecule has 0 radical (unpaired) electrons. The third-order valence-corrected chi connectivity index (χ3v) is 3.58. The van der Waals surface area contributed by atoms with Crippen molar-refractivity contribution >= 4 is 11.9 Å². The van der Waals surface area contributed by atoms with Crippen LogP contribution in [0.2, 0.25) is 0 Å². The van der Waals surface area contributed by atoms with E-state index in [4.69, 9.17) is 4.74 Å². The summed E-state index contributed by atoms with van der Waals surface area (Å²) >= 11 is 0. The lowest BCUT2D eigenvalue weighted by Gasteiger charge is -2.18. The minimum absolute atomic E-state index is 0.114. The van der Waals surface area contributed by atoms with Crippen LogP contribution in [0.5, 0.6) is 0 Å². The molecule has 6 nitrogen and oxygen atoms in total. The van der Waals surface area contributed by atoms with Crippen LogP contribution in [0, 0.1) is 0 Å². The van der Waals surface area contributed by atoms with Gasteiger partial charge in [-0.05, 0) is 25.8 Å². The smallest absolute Gasteiger partial charge is 0.224 e. The topological polar surface area (TPSA) is 66.0 Å². The second-order valence-corrected chi connectivity index (χ2v) is 5.72. The number of amides is 1. The molecule has 0 fully saturated rings. The molecule has 0 unspecified atom stereocenters. The molecule has 0 heterocycles. The summed E-state index contributed by atoms with van der Waals surface area (Å²) in [6.07, 6.45) is 1.33. The molecular formula is C19H32N4O2. The average molecular weight is 348 g/mol. The zero-order valence-corrected chi connectivity index (χ0v) is 15.8. The Balaban J connectivity index is 2.31. The molecule has 0 bridgehead atoms. The number of hydrogen-bond donors (Lipinski definition) is 2. The molecule has 0 atom stereocenters. The first-order valence-electron chi connectivity index (χ1n) is 9.05. The summed E-state index contributed by atoms with van der Waals surface area (Å²) in [5.41, 5.74) is 1.13. The second kappa shape index (κ2) is 13.2. The molecule has 2 N–H and O–H groups in total. The van der Waals surface area contributed by atoms with E-state index in [-0.39, 0.29) is 5.91 Å². The number of nitrogens with zero attached hydrogens (tertiary/aromatic N) is 2. The molecule has 0 saturated carbocycles. The minimum Gasteiger partial charge on any atom is -0.382 e. The lowest BCUT2D eigenvalue weighted by atomic mass is 10.2. The predicted molar refractivity (Wildman–Crippen MR) is 103 cm³/mol. The first kappa shape index (κ1) is 21.0. The van der Waals surface area contributed by atoms with Crippen molar-refractivity contribution in [3.63, 3.8) is 0 Å². The van der Waals surface area contributed by atoms with Crippen LogP contribution in [0.15, 0.2) is 35.3 Å². The van der Waals surface area contributed by atoms with Gasteiger partial charge in [0.2, 0.25) is 5.91 Å². The summed E-state index contributed by atoms with van der Waals surface area (Å²) in [6, 6.07) is 10.0. The number of benzene rings is 1. The van der Waals surface area contributed by atoms with Gasteiger partial charge in [-0.2, -0.15) is 0 Å². The van der Waals surface area contributed by atoms with Gasteiger partial charge in [0.1, 0.15) is 0 Å². The molecule has 1 rings (SSSR count). The van der Waals surface area contributed by atoms with Crippen LogP contribution in [-0.2, 0) is 16.1 Å². The maximum atomic E-state index is 12.2. The molecule has 0 aliphatic heterocycles.